The number of hydrogen-bond acceptors (Lipinski definition) is 2. The maximum Gasteiger partial charge on any atom is 0.140 e. The van der Waals surface area contributed by atoms with Crippen molar-refractivity contribution < 1.29 is 4.74 Å². The molecule has 3 nitrogen and oxygen atoms in total. The summed E-state index contributed by atoms with van der Waals surface area (Å²) in [5.74, 6) is 1.76. The van der Waals surface area contributed by atoms with Crippen LogP contribution in [0.25, 0.3) is 60.9 Å². The molecule has 11 aromatic rings. The largest absolute Gasteiger partial charge is 0.456 e. The molecule has 0 bridgehead atoms. The number of ether oxygens (including phenoxy) is 1. The first-order chi connectivity index (χ1) is 31.8. The normalized spacial score (nSPS) is 14.4. The summed E-state index contributed by atoms with van der Waals surface area (Å²) in [5, 5.41) is 2.52. The minimum Gasteiger partial charge on any atom is -0.456 e. The first-order valence-electron chi connectivity index (χ1n) is 22.0. The quantitative estimate of drug-likeness (QED) is 0.166. The Balaban J connectivity index is 0.969. The summed E-state index contributed by atoms with van der Waals surface area (Å²) in [7, 11) is 0. The summed E-state index contributed by atoms with van der Waals surface area (Å²) in [6.07, 6.45) is 0. The van der Waals surface area contributed by atoms with Gasteiger partial charge in [-0.3, -0.25) is 0 Å². The average Bonchev–Trinajstić information content (AvgIpc) is 3.71. The minimum atomic E-state index is -0.630. The van der Waals surface area contributed by atoms with Gasteiger partial charge in [0.1, 0.15) is 11.5 Å². The summed E-state index contributed by atoms with van der Waals surface area (Å²) in [6, 6.07) is 87.9. The van der Waals surface area contributed by atoms with E-state index in [0.29, 0.717) is 0 Å². The second-order valence-corrected chi connectivity index (χ2v) is 16.8. The van der Waals surface area contributed by atoms with Gasteiger partial charge in [-0.15, -0.1) is 0 Å². The van der Waals surface area contributed by atoms with Gasteiger partial charge >= 0.3 is 0 Å². The molecular weight excluding hydrogens is 777 g/mol. The predicted octanol–water partition coefficient (Wildman–Crippen LogP) is 16.1. The SMILES string of the molecule is c1ccc(-c2ccc(N(c3ccc(-c4ccccc4)cc3)c3ccc(-c4cccc5c4Oc4ccccc4C54c5ccccc5-n5c6ccccc6c6cccc4c65)cc3)cc2)cc1. The zero-order valence-corrected chi connectivity index (χ0v) is 34.9. The Morgan fingerprint density at radius 3 is 1.50 bits per heavy atom. The lowest BCUT2D eigenvalue weighted by Gasteiger charge is -2.45. The molecule has 10 aromatic carbocycles. The predicted molar refractivity (Wildman–Crippen MR) is 264 cm³/mol. The van der Waals surface area contributed by atoms with E-state index in [2.05, 4.69) is 252 Å². The molecule has 3 heteroatoms. The maximum absolute atomic E-state index is 7.14. The average molecular weight is 817 g/mol. The van der Waals surface area contributed by atoms with E-state index in [4.69, 9.17) is 4.74 Å². The number of fused-ring (bicyclic) bond motifs is 11. The molecule has 0 aliphatic carbocycles. The molecule has 0 fully saturated rings. The maximum atomic E-state index is 7.14. The number of benzene rings is 10. The first-order valence-corrected chi connectivity index (χ1v) is 22.0. The zero-order chi connectivity index (χ0) is 42.2. The van der Waals surface area contributed by atoms with Gasteiger partial charge in [-0.05, 0) is 93.5 Å². The van der Waals surface area contributed by atoms with Crippen LogP contribution in [0.4, 0.5) is 17.1 Å². The number of anilines is 3. The molecule has 1 aromatic heterocycles. The number of hydrogen-bond donors (Lipinski definition) is 0. The molecule has 13 rings (SSSR count). The monoisotopic (exact) mass is 816 g/mol. The number of nitrogens with zero attached hydrogens (tertiary/aromatic N) is 2. The molecule has 0 saturated heterocycles. The van der Waals surface area contributed by atoms with Crippen molar-refractivity contribution in [3.05, 3.63) is 265 Å². The van der Waals surface area contributed by atoms with E-state index in [9.17, 15) is 0 Å². The fourth-order valence-electron chi connectivity index (χ4n) is 10.7. The van der Waals surface area contributed by atoms with E-state index < -0.39 is 5.41 Å². The van der Waals surface area contributed by atoms with Gasteiger partial charge in [0.25, 0.3) is 0 Å². The minimum absolute atomic E-state index is 0.630. The van der Waals surface area contributed by atoms with Gasteiger partial charge in [0.15, 0.2) is 0 Å². The molecular formula is C61H40N2O. The Labute approximate surface area is 372 Å². The molecule has 300 valence electrons. The summed E-state index contributed by atoms with van der Waals surface area (Å²) in [4.78, 5) is 2.34. The molecule has 0 N–H and O–H groups in total. The lowest BCUT2D eigenvalue weighted by atomic mass is 9.61. The third-order valence-corrected chi connectivity index (χ3v) is 13.5. The van der Waals surface area contributed by atoms with Crippen molar-refractivity contribution in [1.29, 1.82) is 0 Å². The molecule has 0 saturated carbocycles. The van der Waals surface area contributed by atoms with Gasteiger partial charge < -0.3 is 14.2 Å². The van der Waals surface area contributed by atoms with E-state index >= 15 is 0 Å². The molecule has 1 spiro atoms. The standard InChI is InChI=1S/C61H40N2O/c1-3-15-41(16-4-1)43-29-35-46(36-30-43)62(47-37-31-44(32-38-47)42-17-5-2-6-18-42)48-39-33-45(34-40-48)49-20-13-25-55-60(49)64-58-28-12-9-23-53(58)61(55)52-22-8-11-27-57(52)63-56-26-10-7-19-50(56)51-21-14-24-54(61)59(51)63/h1-40H. The second-order valence-electron chi connectivity index (χ2n) is 16.8. The fraction of sp³-hybridized carbons (Fsp3) is 0.0164. The van der Waals surface area contributed by atoms with Crippen molar-refractivity contribution >= 4 is 38.9 Å². The zero-order valence-electron chi connectivity index (χ0n) is 34.9. The third kappa shape index (κ3) is 5.34. The van der Waals surface area contributed by atoms with Crippen LogP contribution in [0.3, 0.4) is 0 Å². The van der Waals surface area contributed by atoms with Gasteiger partial charge in [-0.1, -0.05) is 188 Å². The summed E-state index contributed by atoms with van der Waals surface area (Å²) in [6.45, 7) is 0. The van der Waals surface area contributed by atoms with E-state index in [1.165, 1.54) is 60.9 Å². The highest BCUT2D eigenvalue weighted by molar-refractivity contribution is 6.12. The third-order valence-electron chi connectivity index (χ3n) is 13.5. The van der Waals surface area contributed by atoms with E-state index in [1.54, 1.807) is 0 Å². The lowest BCUT2D eigenvalue weighted by Crippen LogP contribution is -2.37. The molecule has 2 aliphatic rings. The number of para-hydroxylation sites is 5. The molecule has 0 amide bonds. The molecule has 1 unspecified atom stereocenters. The summed E-state index contributed by atoms with van der Waals surface area (Å²) in [5.41, 5.74) is 18.0. The Bertz CT molecular complexity index is 3470. The van der Waals surface area contributed by atoms with Crippen LogP contribution >= 0.6 is 0 Å². The first kappa shape index (κ1) is 36.3. The smallest absolute Gasteiger partial charge is 0.140 e. The molecule has 3 heterocycles. The fourth-order valence-corrected chi connectivity index (χ4v) is 10.7. The van der Waals surface area contributed by atoms with Gasteiger partial charge in [0, 0.05) is 44.5 Å². The van der Waals surface area contributed by atoms with Crippen molar-refractivity contribution in [2.24, 2.45) is 0 Å². The highest BCUT2D eigenvalue weighted by Crippen LogP contribution is 2.61. The highest BCUT2D eigenvalue weighted by Gasteiger charge is 2.50. The summed E-state index contributed by atoms with van der Waals surface area (Å²) >= 11 is 0. The van der Waals surface area contributed by atoms with E-state index in [-0.39, 0.29) is 0 Å². The summed E-state index contributed by atoms with van der Waals surface area (Å²) < 4.78 is 9.63. The van der Waals surface area contributed by atoms with Crippen molar-refractivity contribution in [3.63, 3.8) is 0 Å². The van der Waals surface area contributed by atoms with Crippen LogP contribution in [0.1, 0.15) is 22.3 Å². The van der Waals surface area contributed by atoms with Crippen LogP contribution in [0.2, 0.25) is 0 Å². The highest BCUT2D eigenvalue weighted by atomic mass is 16.5. The van der Waals surface area contributed by atoms with Crippen molar-refractivity contribution in [2.45, 2.75) is 5.41 Å². The number of aromatic nitrogens is 1. The van der Waals surface area contributed by atoms with Gasteiger partial charge in [0.05, 0.1) is 22.1 Å². The lowest BCUT2D eigenvalue weighted by molar-refractivity contribution is 0.435. The van der Waals surface area contributed by atoms with Crippen LogP contribution in [-0.4, -0.2) is 4.57 Å². The molecule has 0 radical (unpaired) electrons. The Hall–Kier alpha value is -8.40. The van der Waals surface area contributed by atoms with Crippen LogP contribution in [0.5, 0.6) is 11.5 Å². The van der Waals surface area contributed by atoms with Crippen LogP contribution < -0.4 is 9.64 Å². The topological polar surface area (TPSA) is 17.4 Å². The number of rotatable bonds is 6. The van der Waals surface area contributed by atoms with Crippen LogP contribution in [0.15, 0.2) is 243 Å². The Morgan fingerprint density at radius 2 is 0.828 bits per heavy atom. The van der Waals surface area contributed by atoms with Gasteiger partial charge in [0.2, 0.25) is 0 Å². The second kappa shape index (κ2) is 14.3. The molecule has 64 heavy (non-hydrogen) atoms. The van der Waals surface area contributed by atoms with Crippen molar-refractivity contribution in [1.82, 2.24) is 4.57 Å². The van der Waals surface area contributed by atoms with Gasteiger partial charge in [-0.25, -0.2) is 0 Å². The molecule has 1 atom stereocenters. The van der Waals surface area contributed by atoms with Crippen LogP contribution in [-0.2, 0) is 5.41 Å². The van der Waals surface area contributed by atoms with Crippen molar-refractivity contribution in [3.8, 4) is 50.6 Å². The Kier molecular flexibility index (Phi) is 8.13. The Morgan fingerprint density at radius 1 is 0.344 bits per heavy atom. The van der Waals surface area contributed by atoms with Gasteiger partial charge in [-0.2, -0.15) is 0 Å². The van der Waals surface area contributed by atoms with E-state index in [1.807, 2.05) is 0 Å². The van der Waals surface area contributed by atoms with Crippen molar-refractivity contribution in [2.75, 3.05) is 4.90 Å². The molecule has 2 aliphatic heterocycles. The van der Waals surface area contributed by atoms with E-state index in [0.717, 1.165) is 50.8 Å². The van der Waals surface area contributed by atoms with Crippen LogP contribution in [0, 0.1) is 0 Å².